The summed E-state index contributed by atoms with van der Waals surface area (Å²) in [6, 6.07) is 3.72. The summed E-state index contributed by atoms with van der Waals surface area (Å²) in [5.74, 6) is 0.223. The molecule has 1 aromatic heterocycles. The van der Waals surface area contributed by atoms with E-state index in [0.717, 1.165) is 11.3 Å². The molecule has 0 fully saturated rings. The number of imidazole rings is 1. The fourth-order valence-corrected chi connectivity index (χ4v) is 2.41. The van der Waals surface area contributed by atoms with E-state index >= 15 is 0 Å². The van der Waals surface area contributed by atoms with Gasteiger partial charge in [0.2, 0.25) is 0 Å². The molecule has 0 aliphatic heterocycles. The molecule has 0 aliphatic rings. The molecule has 108 valence electrons. The summed E-state index contributed by atoms with van der Waals surface area (Å²) in [6.45, 7) is 8.43. The summed E-state index contributed by atoms with van der Waals surface area (Å²) in [7, 11) is 0. The molecule has 20 heavy (non-hydrogen) atoms. The zero-order valence-electron chi connectivity index (χ0n) is 12.5. The highest BCUT2D eigenvalue weighted by Gasteiger charge is 2.15. The van der Waals surface area contributed by atoms with Crippen LogP contribution in [0, 0.1) is 25.6 Å². The Balaban J connectivity index is 2.29. The minimum absolute atomic E-state index is 0.0415. The number of aryl methyl sites for hydroxylation is 2. The van der Waals surface area contributed by atoms with E-state index in [-0.39, 0.29) is 11.9 Å². The van der Waals surface area contributed by atoms with Gasteiger partial charge >= 0.3 is 0 Å². The number of nitrogens with zero attached hydrogens (tertiary/aromatic N) is 2. The third-order valence-corrected chi connectivity index (χ3v) is 3.65. The lowest BCUT2D eigenvalue weighted by atomic mass is 10.0. The Morgan fingerprint density at radius 1 is 1.25 bits per heavy atom. The Labute approximate surface area is 119 Å². The van der Waals surface area contributed by atoms with E-state index in [1.807, 2.05) is 22.9 Å². The zero-order valence-corrected chi connectivity index (χ0v) is 12.5. The molecule has 0 saturated carbocycles. The molecule has 1 heterocycles. The van der Waals surface area contributed by atoms with E-state index < -0.39 is 0 Å². The Hall–Kier alpha value is -1.68. The second-order valence-electron chi connectivity index (χ2n) is 5.76. The molecule has 2 rings (SSSR count). The summed E-state index contributed by atoms with van der Waals surface area (Å²) >= 11 is 0. The normalized spacial score (nSPS) is 12.9. The van der Waals surface area contributed by atoms with Gasteiger partial charge in [-0.2, -0.15) is 0 Å². The molecular weight excluding hydrogens is 253 g/mol. The van der Waals surface area contributed by atoms with Crippen LogP contribution in [0.25, 0.3) is 0 Å². The highest BCUT2D eigenvalue weighted by atomic mass is 19.1. The molecule has 1 aromatic carbocycles. The Bertz CT molecular complexity index is 579. The number of halogens is 1. The van der Waals surface area contributed by atoms with Crippen molar-refractivity contribution in [1.82, 2.24) is 9.55 Å². The average molecular weight is 275 g/mol. The predicted octanol–water partition coefficient (Wildman–Crippen LogP) is 3.34. The van der Waals surface area contributed by atoms with Crippen LogP contribution in [0.5, 0.6) is 0 Å². The van der Waals surface area contributed by atoms with Gasteiger partial charge in [0, 0.05) is 18.8 Å². The summed E-state index contributed by atoms with van der Waals surface area (Å²) in [6.07, 6.45) is 3.60. The molecule has 2 aromatic rings. The lowest BCUT2D eigenvalue weighted by Crippen LogP contribution is -2.20. The zero-order chi connectivity index (χ0) is 14.9. The maximum absolute atomic E-state index is 13.7. The largest absolute Gasteiger partial charge is 0.329 e. The molecule has 3 nitrogen and oxygen atoms in total. The van der Waals surface area contributed by atoms with Gasteiger partial charge in [-0.15, -0.1) is 0 Å². The van der Waals surface area contributed by atoms with Crippen LogP contribution in [0.1, 0.15) is 42.3 Å². The molecule has 0 saturated heterocycles. The fraction of sp³-hybridized carbons (Fsp3) is 0.438. The van der Waals surface area contributed by atoms with Gasteiger partial charge in [-0.1, -0.05) is 26.0 Å². The highest BCUT2D eigenvalue weighted by molar-refractivity contribution is 5.31. The van der Waals surface area contributed by atoms with Crippen LogP contribution in [-0.2, 0) is 6.54 Å². The Morgan fingerprint density at radius 3 is 2.40 bits per heavy atom. The molecular formula is C16H22FN3. The van der Waals surface area contributed by atoms with Crippen LogP contribution in [-0.4, -0.2) is 9.55 Å². The van der Waals surface area contributed by atoms with Crippen molar-refractivity contribution >= 4 is 0 Å². The van der Waals surface area contributed by atoms with Crippen LogP contribution in [0.3, 0.4) is 0 Å². The number of hydrogen-bond donors (Lipinski definition) is 1. The van der Waals surface area contributed by atoms with Gasteiger partial charge < -0.3 is 10.3 Å². The molecule has 0 spiro atoms. The monoisotopic (exact) mass is 275 g/mol. The van der Waals surface area contributed by atoms with Crippen LogP contribution >= 0.6 is 0 Å². The van der Waals surface area contributed by atoms with Crippen molar-refractivity contribution in [3.63, 3.8) is 0 Å². The van der Waals surface area contributed by atoms with Crippen molar-refractivity contribution in [2.45, 2.75) is 40.3 Å². The lowest BCUT2D eigenvalue weighted by Gasteiger charge is -2.18. The number of hydrogen-bond acceptors (Lipinski definition) is 2. The molecule has 1 unspecified atom stereocenters. The maximum Gasteiger partial charge on any atom is 0.129 e. The standard InChI is InChI=1S/C16H22FN3/c1-10(2)16(18)14-7-19-9-20(14)8-13-5-11(3)15(17)12(4)6-13/h5-7,9-10,16H,8,18H2,1-4H3. The fourth-order valence-electron chi connectivity index (χ4n) is 2.41. The second kappa shape index (κ2) is 5.75. The lowest BCUT2D eigenvalue weighted by molar-refractivity contribution is 0.484. The van der Waals surface area contributed by atoms with Crippen LogP contribution in [0.15, 0.2) is 24.7 Å². The maximum atomic E-state index is 13.7. The van der Waals surface area contributed by atoms with Crippen molar-refractivity contribution in [2.75, 3.05) is 0 Å². The van der Waals surface area contributed by atoms with Crippen molar-refractivity contribution in [2.24, 2.45) is 11.7 Å². The minimum Gasteiger partial charge on any atom is -0.329 e. The first kappa shape index (κ1) is 14.7. The SMILES string of the molecule is Cc1cc(Cn2cncc2C(N)C(C)C)cc(C)c1F. The average Bonchev–Trinajstić information content (AvgIpc) is 2.82. The third-order valence-electron chi connectivity index (χ3n) is 3.65. The molecule has 1 atom stereocenters. The summed E-state index contributed by atoms with van der Waals surface area (Å²) in [5, 5.41) is 0. The van der Waals surface area contributed by atoms with Gasteiger partial charge in [0.15, 0.2) is 0 Å². The summed E-state index contributed by atoms with van der Waals surface area (Å²) in [5.41, 5.74) is 9.63. The molecule has 2 N–H and O–H groups in total. The highest BCUT2D eigenvalue weighted by Crippen LogP contribution is 2.21. The van der Waals surface area contributed by atoms with Gasteiger partial charge in [-0.3, -0.25) is 0 Å². The van der Waals surface area contributed by atoms with E-state index in [4.69, 9.17) is 5.73 Å². The second-order valence-corrected chi connectivity index (χ2v) is 5.76. The number of rotatable bonds is 4. The van der Waals surface area contributed by atoms with Crippen LogP contribution in [0.2, 0.25) is 0 Å². The molecule has 0 radical (unpaired) electrons. The quantitative estimate of drug-likeness (QED) is 0.930. The van der Waals surface area contributed by atoms with Gasteiger partial charge in [0.1, 0.15) is 5.82 Å². The van der Waals surface area contributed by atoms with Gasteiger partial charge in [-0.25, -0.2) is 9.37 Å². The Morgan fingerprint density at radius 2 is 1.85 bits per heavy atom. The van der Waals surface area contributed by atoms with Gasteiger partial charge in [0.05, 0.1) is 12.0 Å². The molecule has 0 bridgehead atoms. The number of aromatic nitrogens is 2. The molecule has 0 amide bonds. The van der Waals surface area contributed by atoms with E-state index in [0.29, 0.717) is 23.6 Å². The minimum atomic E-state index is -0.126. The smallest absolute Gasteiger partial charge is 0.129 e. The summed E-state index contributed by atoms with van der Waals surface area (Å²) < 4.78 is 15.7. The molecule has 4 heteroatoms. The van der Waals surface area contributed by atoms with E-state index in [2.05, 4.69) is 18.8 Å². The first-order valence-electron chi connectivity index (χ1n) is 6.91. The number of nitrogens with two attached hydrogens (primary N) is 1. The van der Waals surface area contributed by atoms with Crippen LogP contribution in [0.4, 0.5) is 4.39 Å². The third kappa shape index (κ3) is 2.90. The van der Waals surface area contributed by atoms with Gasteiger partial charge in [0.25, 0.3) is 0 Å². The van der Waals surface area contributed by atoms with E-state index in [1.54, 1.807) is 20.2 Å². The molecule has 0 aliphatic carbocycles. The van der Waals surface area contributed by atoms with Crippen molar-refractivity contribution in [3.8, 4) is 0 Å². The van der Waals surface area contributed by atoms with Crippen molar-refractivity contribution < 1.29 is 4.39 Å². The first-order valence-corrected chi connectivity index (χ1v) is 6.91. The van der Waals surface area contributed by atoms with E-state index in [1.165, 1.54) is 0 Å². The Kier molecular flexibility index (Phi) is 4.23. The topological polar surface area (TPSA) is 43.8 Å². The number of benzene rings is 1. The van der Waals surface area contributed by atoms with Crippen molar-refractivity contribution in [3.05, 3.63) is 52.9 Å². The van der Waals surface area contributed by atoms with Crippen LogP contribution < -0.4 is 5.73 Å². The van der Waals surface area contributed by atoms with Crippen molar-refractivity contribution in [1.29, 1.82) is 0 Å². The first-order chi connectivity index (χ1) is 9.40. The van der Waals surface area contributed by atoms with Gasteiger partial charge in [-0.05, 0) is 36.5 Å². The van der Waals surface area contributed by atoms with E-state index in [9.17, 15) is 4.39 Å². The predicted molar refractivity (Wildman–Crippen MR) is 79.0 cm³/mol. The summed E-state index contributed by atoms with van der Waals surface area (Å²) in [4.78, 5) is 4.19.